The molecule has 6 heterocycles. The van der Waals surface area contributed by atoms with Gasteiger partial charge in [0.15, 0.2) is 11.6 Å². The predicted molar refractivity (Wildman–Crippen MR) is 493 cm³/mol. The highest BCUT2D eigenvalue weighted by atomic mass is 16.3. The summed E-state index contributed by atoms with van der Waals surface area (Å²) in [5.74, 6) is 1.39. The molecule has 8 heteroatoms. The summed E-state index contributed by atoms with van der Waals surface area (Å²) in [7, 11) is 0. The maximum atomic E-state index is 6.78. The lowest BCUT2D eigenvalue weighted by atomic mass is 9.92. The molecule has 0 aliphatic heterocycles. The number of hydrogen-bond acceptors (Lipinski definition) is 8. The molecule has 0 unspecified atom stereocenters. The van der Waals surface area contributed by atoms with E-state index in [1.807, 2.05) is 84.9 Å². The molecule has 0 amide bonds. The van der Waals surface area contributed by atoms with E-state index in [1.165, 1.54) is 5.56 Å². The van der Waals surface area contributed by atoms with Crippen molar-refractivity contribution in [2.24, 2.45) is 0 Å². The van der Waals surface area contributed by atoms with Crippen LogP contribution in [0.15, 0.2) is 430 Å². The lowest BCUT2D eigenvalue weighted by Gasteiger charge is -2.12. The highest BCUT2D eigenvalue weighted by Gasteiger charge is 2.25. The fourth-order valence-electron chi connectivity index (χ4n) is 17.7. The van der Waals surface area contributed by atoms with Gasteiger partial charge in [0.2, 0.25) is 0 Å². The second kappa shape index (κ2) is 29.0. The van der Waals surface area contributed by atoms with E-state index in [4.69, 9.17) is 37.6 Å². The molecule has 0 N–H and O–H groups in total. The zero-order valence-electron chi connectivity index (χ0n) is 64.7. The van der Waals surface area contributed by atoms with Crippen LogP contribution in [0.4, 0.5) is 0 Å². The maximum absolute atomic E-state index is 6.78. The number of benzene rings is 18. The molecule has 24 rings (SSSR count). The number of rotatable bonds is 12. The number of fused-ring (bicyclic) bond motifs is 16. The van der Waals surface area contributed by atoms with Gasteiger partial charge in [-0.3, -0.25) is 0 Å². The smallest absolute Gasteiger partial charge is 0.160 e. The van der Waals surface area contributed by atoms with E-state index in [9.17, 15) is 0 Å². The van der Waals surface area contributed by atoms with E-state index in [0.29, 0.717) is 11.6 Å². The van der Waals surface area contributed by atoms with Crippen molar-refractivity contribution in [3.05, 3.63) is 413 Å². The number of hydrogen-bond donors (Lipinski definition) is 0. The van der Waals surface area contributed by atoms with Gasteiger partial charge in [-0.15, -0.1) is 0 Å². The molecule has 8 nitrogen and oxygen atoms in total. The van der Waals surface area contributed by atoms with Crippen LogP contribution in [0.25, 0.3) is 244 Å². The normalized spacial score (nSPS) is 11.7. The van der Waals surface area contributed by atoms with Crippen molar-refractivity contribution >= 4 is 109 Å². The Bertz CT molecular complexity index is 8090. The van der Waals surface area contributed by atoms with Crippen molar-refractivity contribution in [3.63, 3.8) is 0 Å². The first-order valence-electron chi connectivity index (χ1n) is 40.4. The molecule has 0 radical (unpaired) electrons. The van der Waals surface area contributed by atoms with Crippen molar-refractivity contribution in [3.8, 4) is 135 Å². The minimum absolute atomic E-state index is 0.688. The predicted octanol–water partition coefficient (Wildman–Crippen LogP) is 30.9. The maximum Gasteiger partial charge on any atom is 0.160 e. The van der Waals surface area contributed by atoms with Gasteiger partial charge >= 0.3 is 0 Å². The van der Waals surface area contributed by atoms with E-state index < -0.39 is 0 Å². The van der Waals surface area contributed by atoms with Crippen LogP contribution in [0.5, 0.6) is 0 Å². The lowest BCUT2D eigenvalue weighted by Crippen LogP contribution is -1.96. The van der Waals surface area contributed by atoms with E-state index >= 15 is 0 Å². The fraction of sp³-hybridized carbons (Fsp3) is 0. The number of para-hydroxylation sites is 4. The summed E-state index contributed by atoms with van der Waals surface area (Å²) in [6.07, 6.45) is 0. The monoisotopic (exact) mass is 1530 g/mol. The van der Waals surface area contributed by atoms with Crippen LogP contribution in [0.1, 0.15) is 0 Å². The minimum Gasteiger partial charge on any atom is -0.455 e. The summed E-state index contributed by atoms with van der Waals surface area (Å²) in [6.45, 7) is 0. The van der Waals surface area contributed by atoms with Crippen LogP contribution in [0.2, 0.25) is 0 Å². The third-order valence-electron chi connectivity index (χ3n) is 23.4. The highest BCUT2D eigenvalue weighted by molar-refractivity contribution is 6.26. The summed E-state index contributed by atoms with van der Waals surface area (Å²) >= 11 is 0. The van der Waals surface area contributed by atoms with Crippen LogP contribution in [0, 0.1) is 0 Å². The van der Waals surface area contributed by atoms with Crippen LogP contribution in [-0.4, -0.2) is 19.9 Å². The van der Waals surface area contributed by atoms with Gasteiger partial charge in [0.05, 0.1) is 22.8 Å². The summed E-state index contributed by atoms with van der Waals surface area (Å²) < 4.78 is 26.7. The first-order valence-corrected chi connectivity index (χ1v) is 40.4. The molecule has 18 aromatic carbocycles. The molecule has 0 aliphatic carbocycles. The van der Waals surface area contributed by atoms with Gasteiger partial charge in [0.1, 0.15) is 44.7 Å². The average Bonchev–Trinajstić information content (AvgIpc) is 1.52. The van der Waals surface area contributed by atoms with Crippen molar-refractivity contribution in [2.75, 3.05) is 0 Å². The zero-order valence-corrected chi connectivity index (χ0v) is 64.7. The van der Waals surface area contributed by atoms with E-state index in [1.54, 1.807) is 0 Å². The molecular formula is C112H68N4O4. The second-order valence-electron chi connectivity index (χ2n) is 30.5. The SMILES string of the molecule is c1ccc(-c2cc(-c3cccc(-c4cccc(-c5cccc6oc7c8ccccc8c(-c8cccc9c8oc8ccccc89)cc7c56)c4)c3)nc(-c3ccccc3)n2)cc1.c1ccc(-c2cccc(-c3cc(-c4ccc(-c5cccc6oc7c8ccccc8c(-c8cccc9c8oc8ccccc89)cc7c56)cc4)nc(-c4ccccc4)n3)c2)cc1. The van der Waals surface area contributed by atoms with E-state index in [2.05, 4.69) is 328 Å². The Balaban J connectivity index is 0.000000140. The Hall–Kier alpha value is -16.2. The average molecular weight is 1530 g/mol. The third-order valence-corrected chi connectivity index (χ3v) is 23.4. The molecule has 0 bridgehead atoms. The van der Waals surface area contributed by atoms with Crippen molar-refractivity contribution < 1.29 is 17.7 Å². The largest absolute Gasteiger partial charge is 0.455 e. The topological polar surface area (TPSA) is 104 Å². The molecule has 0 fully saturated rings. The summed E-state index contributed by atoms with van der Waals surface area (Å²) in [6, 6.07) is 144. The molecule has 120 heavy (non-hydrogen) atoms. The molecule has 24 aromatic rings. The van der Waals surface area contributed by atoms with Crippen LogP contribution < -0.4 is 0 Å². The molecule has 0 aliphatic rings. The summed E-state index contributed by atoms with van der Waals surface area (Å²) in [5, 5.41) is 13.1. The van der Waals surface area contributed by atoms with E-state index in [0.717, 1.165) is 227 Å². The molecule has 560 valence electrons. The first kappa shape index (κ1) is 69.4. The van der Waals surface area contributed by atoms with Crippen molar-refractivity contribution in [1.29, 1.82) is 0 Å². The Morgan fingerprint density at radius 1 is 0.142 bits per heavy atom. The number of nitrogens with zero attached hydrogens (tertiary/aromatic N) is 4. The van der Waals surface area contributed by atoms with Gasteiger partial charge in [-0.05, 0) is 133 Å². The quantitative estimate of drug-likeness (QED) is 0.119. The van der Waals surface area contributed by atoms with E-state index in [-0.39, 0.29) is 0 Å². The molecule has 0 atom stereocenters. The van der Waals surface area contributed by atoms with Gasteiger partial charge < -0.3 is 17.7 Å². The van der Waals surface area contributed by atoms with Crippen molar-refractivity contribution in [1.82, 2.24) is 19.9 Å². The first-order chi connectivity index (χ1) is 59.5. The Kier molecular flexibility index (Phi) is 16.7. The van der Waals surface area contributed by atoms with Crippen LogP contribution in [0.3, 0.4) is 0 Å². The minimum atomic E-state index is 0.688. The fourth-order valence-corrected chi connectivity index (χ4v) is 17.7. The molecule has 6 aromatic heterocycles. The molecular weight excluding hydrogens is 1470 g/mol. The van der Waals surface area contributed by atoms with Gasteiger partial charge in [-0.2, -0.15) is 0 Å². The standard InChI is InChI=1S/2C56H34N2O2/c1-3-15-35(16-4-1)49-34-50(58-56(57-49)36-17-5-2-6-18-36)40-22-12-20-38(32-40)37-19-11-21-39(31-37)41-26-14-30-52-53(41)48-33-47(42-23-7-8-25-44(42)55(48)60-52)46-28-13-27-45-43-24-9-10-29-51(43)59-54(45)46;1-3-14-35(15-4-1)39-18-11-19-40(32-39)50-34-49(57-56(58-50)38-16-5-2-6-17-38)37-30-28-36(29-31-37)41-23-13-27-52-53(41)48-33-47(42-20-7-8-22-44(42)55(48)60-52)46-25-12-24-45-43-21-9-10-26-51(43)59-54(45)46/h2*1-34H. The van der Waals surface area contributed by atoms with Crippen molar-refractivity contribution in [2.45, 2.75) is 0 Å². The summed E-state index contributed by atoms with van der Waals surface area (Å²) in [5.41, 5.74) is 29.9. The Labute approximate surface area is 689 Å². The molecule has 0 spiro atoms. The third kappa shape index (κ3) is 12.2. The number of furan rings is 4. The summed E-state index contributed by atoms with van der Waals surface area (Å²) in [4.78, 5) is 20.4. The highest BCUT2D eigenvalue weighted by Crippen LogP contribution is 2.49. The van der Waals surface area contributed by atoms with Crippen LogP contribution >= 0.6 is 0 Å². The molecule has 0 saturated carbocycles. The Morgan fingerprint density at radius 3 is 0.892 bits per heavy atom. The second-order valence-corrected chi connectivity index (χ2v) is 30.5. The Morgan fingerprint density at radius 2 is 0.425 bits per heavy atom. The van der Waals surface area contributed by atoms with Gasteiger partial charge in [-0.25, -0.2) is 19.9 Å². The zero-order chi connectivity index (χ0) is 79.1. The number of aromatic nitrogens is 4. The molecule has 0 saturated heterocycles. The van der Waals surface area contributed by atoms with Gasteiger partial charge in [0, 0.05) is 98.4 Å². The van der Waals surface area contributed by atoms with Gasteiger partial charge in [0.25, 0.3) is 0 Å². The van der Waals surface area contributed by atoms with Crippen LogP contribution in [-0.2, 0) is 0 Å². The van der Waals surface area contributed by atoms with Gasteiger partial charge in [-0.1, -0.05) is 346 Å². The lowest BCUT2D eigenvalue weighted by molar-refractivity contribution is 0.669.